The number of aromatic nitrogens is 2. The highest BCUT2D eigenvalue weighted by Crippen LogP contribution is 2.47. The number of para-hydroxylation sites is 2. The summed E-state index contributed by atoms with van der Waals surface area (Å²) in [5, 5.41) is 0. The second kappa shape index (κ2) is 10.5. The van der Waals surface area contributed by atoms with E-state index in [4.69, 9.17) is 23.9 Å². The fourth-order valence-electron chi connectivity index (χ4n) is 5.07. The minimum Gasteiger partial charge on any atom is -0.493 e. The molecule has 3 heterocycles. The Kier molecular flexibility index (Phi) is 7.20. The van der Waals surface area contributed by atoms with Gasteiger partial charge in [0.2, 0.25) is 11.5 Å². The van der Waals surface area contributed by atoms with Gasteiger partial charge >= 0.3 is 6.09 Å². The Morgan fingerprint density at radius 1 is 1.15 bits per heavy atom. The number of fused-ring (bicyclic) bond motifs is 2. The molecule has 1 fully saturated rings. The molecule has 3 aromatic rings. The van der Waals surface area contributed by atoms with E-state index in [1.54, 1.807) is 42.0 Å². The maximum atomic E-state index is 14.1. The van der Waals surface area contributed by atoms with Gasteiger partial charge in [0, 0.05) is 32.5 Å². The smallest absolute Gasteiger partial charge is 0.410 e. The summed E-state index contributed by atoms with van der Waals surface area (Å²) < 4.78 is 23.0. The van der Waals surface area contributed by atoms with Crippen molar-refractivity contribution in [2.45, 2.75) is 71.4 Å². The van der Waals surface area contributed by atoms with Gasteiger partial charge in [-0.3, -0.25) is 9.78 Å². The SMILES string of the molecule is COc1cc(C(=O)N(Cc2cnc3ccccc3n2)CC2CCCN2C(=O)OC(C)(C)C)cc2c1OC(C)(C)O2. The van der Waals surface area contributed by atoms with Crippen LogP contribution in [0.1, 0.15) is 63.5 Å². The average Bonchev–Trinajstić information content (AvgIpc) is 3.48. The van der Waals surface area contributed by atoms with Gasteiger partial charge < -0.3 is 28.7 Å². The van der Waals surface area contributed by atoms with Crippen molar-refractivity contribution in [2.75, 3.05) is 20.2 Å². The van der Waals surface area contributed by atoms with E-state index in [-0.39, 0.29) is 24.6 Å². The maximum absolute atomic E-state index is 14.1. The number of carbonyl (C=O) groups excluding carboxylic acids is 2. The third-order valence-corrected chi connectivity index (χ3v) is 6.77. The van der Waals surface area contributed by atoms with Crippen molar-refractivity contribution < 1.29 is 28.5 Å². The van der Waals surface area contributed by atoms with E-state index in [9.17, 15) is 9.59 Å². The fraction of sp³-hybridized carbons (Fsp3) is 0.467. The molecule has 1 aromatic heterocycles. The largest absolute Gasteiger partial charge is 0.493 e. The van der Waals surface area contributed by atoms with Gasteiger partial charge in [-0.15, -0.1) is 0 Å². The number of hydrogen-bond donors (Lipinski definition) is 0. The van der Waals surface area contributed by atoms with Crippen LogP contribution < -0.4 is 14.2 Å². The molecule has 1 unspecified atom stereocenters. The van der Waals surface area contributed by atoms with Crippen LogP contribution in [0.3, 0.4) is 0 Å². The van der Waals surface area contributed by atoms with Crippen molar-refractivity contribution in [3.63, 3.8) is 0 Å². The zero-order valence-electron chi connectivity index (χ0n) is 23.9. The van der Waals surface area contributed by atoms with Crippen LogP contribution in [0.5, 0.6) is 17.2 Å². The lowest BCUT2D eigenvalue weighted by molar-refractivity contribution is -0.0439. The van der Waals surface area contributed by atoms with Crippen LogP contribution in [0.4, 0.5) is 4.79 Å². The number of carbonyl (C=O) groups is 2. The zero-order chi connectivity index (χ0) is 28.7. The molecule has 0 spiro atoms. The molecule has 2 aliphatic heterocycles. The van der Waals surface area contributed by atoms with E-state index >= 15 is 0 Å². The van der Waals surface area contributed by atoms with Crippen molar-refractivity contribution in [2.24, 2.45) is 0 Å². The van der Waals surface area contributed by atoms with Crippen LogP contribution >= 0.6 is 0 Å². The lowest BCUT2D eigenvalue weighted by Gasteiger charge is -2.32. The Morgan fingerprint density at radius 2 is 1.90 bits per heavy atom. The summed E-state index contributed by atoms with van der Waals surface area (Å²) in [7, 11) is 1.53. The second-order valence-electron chi connectivity index (χ2n) is 11.6. The summed E-state index contributed by atoms with van der Waals surface area (Å²) >= 11 is 0. The summed E-state index contributed by atoms with van der Waals surface area (Å²) in [6, 6.07) is 10.7. The molecule has 5 rings (SSSR count). The highest BCUT2D eigenvalue weighted by molar-refractivity contribution is 5.96. The first-order valence-corrected chi connectivity index (χ1v) is 13.5. The number of methoxy groups -OCH3 is 1. The number of hydrogen-bond acceptors (Lipinski definition) is 8. The van der Waals surface area contributed by atoms with Crippen LogP contribution in [-0.4, -0.2) is 69.4 Å². The number of ether oxygens (including phenoxy) is 4. The monoisotopic (exact) mass is 548 g/mol. The molecule has 1 saturated heterocycles. The molecule has 2 aromatic carbocycles. The van der Waals surface area contributed by atoms with E-state index in [1.807, 2.05) is 45.0 Å². The Balaban J connectivity index is 1.47. The van der Waals surface area contributed by atoms with Gasteiger partial charge in [0.15, 0.2) is 11.5 Å². The topological polar surface area (TPSA) is 103 Å². The third-order valence-electron chi connectivity index (χ3n) is 6.77. The first-order chi connectivity index (χ1) is 18.9. The van der Waals surface area contributed by atoms with Gasteiger partial charge in [-0.25, -0.2) is 9.78 Å². The Morgan fingerprint density at radius 3 is 2.62 bits per heavy atom. The Hall–Kier alpha value is -4.08. The van der Waals surface area contributed by atoms with Crippen LogP contribution in [0.15, 0.2) is 42.6 Å². The van der Waals surface area contributed by atoms with Gasteiger partial charge in [-0.05, 0) is 57.9 Å². The predicted molar refractivity (Wildman–Crippen MR) is 149 cm³/mol. The number of amides is 2. The quantitative estimate of drug-likeness (QED) is 0.415. The van der Waals surface area contributed by atoms with E-state index in [2.05, 4.69) is 4.98 Å². The fourth-order valence-corrected chi connectivity index (χ4v) is 5.07. The summed E-state index contributed by atoms with van der Waals surface area (Å²) in [4.78, 5) is 39.8. The van der Waals surface area contributed by atoms with Crippen LogP contribution in [0, 0.1) is 0 Å². The zero-order valence-corrected chi connectivity index (χ0v) is 23.9. The van der Waals surface area contributed by atoms with Crippen LogP contribution in [-0.2, 0) is 11.3 Å². The molecule has 2 amide bonds. The van der Waals surface area contributed by atoms with Crippen LogP contribution in [0.2, 0.25) is 0 Å². The summed E-state index contributed by atoms with van der Waals surface area (Å²) in [6.07, 6.45) is 2.89. The summed E-state index contributed by atoms with van der Waals surface area (Å²) in [5.41, 5.74) is 1.93. The van der Waals surface area contributed by atoms with Crippen molar-refractivity contribution in [1.29, 1.82) is 0 Å². The minimum atomic E-state index is -0.880. The van der Waals surface area contributed by atoms with Crippen LogP contribution in [0.25, 0.3) is 11.0 Å². The first-order valence-electron chi connectivity index (χ1n) is 13.5. The van der Waals surface area contributed by atoms with Gasteiger partial charge in [0.05, 0.1) is 42.6 Å². The molecule has 0 N–H and O–H groups in total. The molecule has 0 aliphatic carbocycles. The molecule has 1 atom stereocenters. The molecule has 0 bridgehead atoms. The van der Waals surface area contributed by atoms with E-state index in [0.29, 0.717) is 41.6 Å². The van der Waals surface area contributed by atoms with Crippen molar-refractivity contribution in [3.8, 4) is 17.2 Å². The molecule has 212 valence electrons. The standard InChI is InChI=1S/C30H36N4O6/c1-29(2,3)40-28(36)34-13-9-10-21(34)18-33(17-20-16-31-22-11-7-8-12-23(22)32-20)27(35)19-14-24(37-6)26-25(15-19)38-30(4,5)39-26/h7-8,11-12,14-16,21H,9-10,13,17-18H2,1-6H3. The number of likely N-dealkylation sites (tertiary alicyclic amines) is 1. The van der Waals surface area contributed by atoms with Gasteiger partial charge in [-0.1, -0.05) is 12.1 Å². The first kappa shape index (κ1) is 27.5. The molecular formula is C30H36N4O6. The predicted octanol–water partition coefficient (Wildman–Crippen LogP) is 5.19. The van der Waals surface area contributed by atoms with Gasteiger partial charge in [0.25, 0.3) is 5.91 Å². The highest BCUT2D eigenvalue weighted by atomic mass is 16.7. The van der Waals surface area contributed by atoms with Crippen molar-refractivity contribution in [1.82, 2.24) is 19.8 Å². The number of nitrogens with zero attached hydrogens (tertiary/aromatic N) is 4. The summed E-state index contributed by atoms with van der Waals surface area (Å²) in [6.45, 7) is 10.2. The van der Waals surface area contributed by atoms with E-state index in [1.165, 1.54) is 7.11 Å². The highest BCUT2D eigenvalue weighted by Gasteiger charge is 2.37. The average molecular weight is 549 g/mol. The third kappa shape index (κ3) is 5.90. The van der Waals surface area contributed by atoms with Crippen molar-refractivity contribution >= 4 is 23.0 Å². The molecule has 40 heavy (non-hydrogen) atoms. The number of rotatable bonds is 6. The molecular weight excluding hydrogens is 512 g/mol. The summed E-state index contributed by atoms with van der Waals surface area (Å²) in [5.74, 6) is 0.181. The molecule has 0 saturated carbocycles. The van der Waals surface area contributed by atoms with Gasteiger partial charge in [0.1, 0.15) is 5.60 Å². The lowest BCUT2D eigenvalue weighted by Crippen LogP contribution is -2.46. The van der Waals surface area contributed by atoms with Crippen molar-refractivity contribution in [3.05, 3.63) is 53.9 Å². The Labute approximate surface area is 234 Å². The van der Waals surface area contributed by atoms with E-state index < -0.39 is 11.4 Å². The Bertz CT molecular complexity index is 1430. The lowest BCUT2D eigenvalue weighted by atomic mass is 10.1. The van der Waals surface area contributed by atoms with E-state index in [0.717, 1.165) is 23.9 Å². The number of benzene rings is 2. The molecule has 10 heteroatoms. The minimum absolute atomic E-state index is 0.206. The maximum Gasteiger partial charge on any atom is 0.410 e. The van der Waals surface area contributed by atoms with Gasteiger partial charge in [-0.2, -0.15) is 0 Å². The normalized spacial score (nSPS) is 17.6. The second-order valence-corrected chi connectivity index (χ2v) is 11.6. The molecule has 2 aliphatic rings. The molecule has 0 radical (unpaired) electrons. The molecule has 10 nitrogen and oxygen atoms in total.